The molecule has 0 radical (unpaired) electrons. The standard InChI is InChI=1S/C16H17NO4/c1-20-10-4-2-9(3-5-10)17-15(18)13-8-6-11-12(7-8)21-16(19)14(11)13/h2-5,8,11-14H,6-7H2,1H3,(H,17,18)/t8-,11+,12-,13-,14+/m1/s1. The Hall–Kier alpha value is -2.04. The van der Waals surface area contributed by atoms with Crippen LogP contribution in [0.5, 0.6) is 5.75 Å². The highest BCUT2D eigenvalue weighted by Crippen LogP contribution is 2.57. The zero-order chi connectivity index (χ0) is 14.6. The minimum Gasteiger partial charge on any atom is -0.497 e. The van der Waals surface area contributed by atoms with E-state index >= 15 is 0 Å². The predicted molar refractivity (Wildman–Crippen MR) is 74.7 cm³/mol. The van der Waals surface area contributed by atoms with Crippen molar-refractivity contribution in [2.75, 3.05) is 12.4 Å². The number of benzene rings is 1. The first-order chi connectivity index (χ1) is 10.2. The maximum absolute atomic E-state index is 12.5. The van der Waals surface area contributed by atoms with E-state index in [9.17, 15) is 9.59 Å². The lowest BCUT2D eigenvalue weighted by Gasteiger charge is -2.23. The van der Waals surface area contributed by atoms with Crippen molar-refractivity contribution in [1.82, 2.24) is 0 Å². The van der Waals surface area contributed by atoms with Crippen LogP contribution in [0.3, 0.4) is 0 Å². The average molecular weight is 287 g/mol. The molecule has 1 N–H and O–H groups in total. The summed E-state index contributed by atoms with van der Waals surface area (Å²) >= 11 is 0. The number of fused-ring (bicyclic) bond motifs is 1. The van der Waals surface area contributed by atoms with Gasteiger partial charge in [0.25, 0.3) is 0 Å². The lowest BCUT2D eigenvalue weighted by Crippen LogP contribution is -2.35. The van der Waals surface area contributed by atoms with Crippen molar-refractivity contribution in [2.24, 2.45) is 23.7 Å². The van der Waals surface area contributed by atoms with Gasteiger partial charge in [0.05, 0.1) is 18.9 Å². The van der Waals surface area contributed by atoms with Crippen molar-refractivity contribution in [3.8, 4) is 5.75 Å². The largest absolute Gasteiger partial charge is 0.497 e. The molecule has 1 aliphatic heterocycles. The highest BCUT2D eigenvalue weighted by Gasteiger charge is 2.63. The van der Waals surface area contributed by atoms with Gasteiger partial charge < -0.3 is 14.8 Å². The van der Waals surface area contributed by atoms with Crippen molar-refractivity contribution in [3.05, 3.63) is 24.3 Å². The summed E-state index contributed by atoms with van der Waals surface area (Å²) in [6, 6.07) is 7.21. The smallest absolute Gasteiger partial charge is 0.310 e. The Morgan fingerprint density at radius 3 is 2.76 bits per heavy atom. The van der Waals surface area contributed by atoms with E-state index in [0.717, 1.165) is 24.3 Å². The number of nitrogens with one attached hydrogen (secondary N) is 1. The number of esters is 1. The molecule has 5 nitrogen and oxygen atoms in total. The summed E-state index contributed by atoms with van der Waals surface area (Å²) in [5.41, 5.74) is 0.728. The predicted octanol–water partition coefficient (Wildman–Crippen LogP) is 1.83. The van der Waals surface area contributed by atoms with E-state index in [1.807, 2.05) is 0 Å². The Balaban J connectivity index is 1.51. The fourth-order valence-electron chi connectivity index (χ4n) is 4.26. The van der Waals surface area contributed by atoms with Crippen molar-refractivity contribution >= 4 is 17.6 Å². The van der Waals surface area contributed by atoms with E-state index in [2.05, 4.69) is 5.32 Å². The van der Waals surface area contributed by atoms with E-state index in [1.165, 1.54) is 0 Å². The topological polar surface area (TPSA) is 64.6 Å². The van der Waals surface area contributed by atoms with E-state index in [-0.39, 0.29) is 41.7 Å². The van der Waals surface area contributed by atoms with Crippen molar-refractivity contribution < 1.29 is 19.1 Å². The van der Waals surface area contributed by atoms with E-state index in [4.69, 9.17) is 9.47 Å². The molecule has 0 spiro atoms. The van der Waals surface area contributed by atoms with Crippen molar-refractivity contribution in [2.45, 2.75) is 18.9 Å². The van der Waals surface area contributed by atoms with E-state index in [0.29, 0.717) is 0 Å². The van der Waals surface area contributed by atoms with Crippen LogP contribution in [-0.2, 0) is 14.3 Å². The second kappa shape index (κ2) is 4.48. The van der Waals surface area contributed by atoms with Gasteiger partial charge in [0.2, 0.25) is 5.91 Å². The quantitative estimate of drug-likeness (QED) is 0.861. The molecule has 4 rings (SSSR count). The third-order valence-electron chi connectivity index (χ3n) is 5.14. The van der Waals surface area contributed by atoms with Gasteiger partial charge in [0.1, 0.15) is 11.9 Å². The first-order valence-electron chi connectivity index (χ1n) is 7.33. The zero-order valence-corrected chi connectivity index (χ0v) is 11.7. The number of rotatable bonds is 3. The fourth-order valence-corrected chi connectivity index (χ4v) is 4.26. The van der Waals surface area contributed by atoms with Crippen LogP contribution in [0.15, 0.2) is 24.3 Å². The number of hydrogen-bond donors (Lipinski definition) is 1. The molecule has 2 aliphatic carbocycles. The van der Waals surface area contributed by atoms with Gasteiger partial charge in [-0.3, -0.25) is 9.59 Å². The molecule has 21 heavy (non-hydrogen) atoms. The molecule has 1 aromatic carbocycles. The molecule has 2 bridgehead atoms. The van der Waals surface area contributed by atoms with Crippen LogP contribution in [-0.4, -0.2) is 25.1 Å². The summed E-state index contributed by atoms with van der Waals surface area (Å²) in [6.45, 7) is 0. The molecule has 1 aromatic rings. The molecule has 3 fully saturated rings. The van der Waals surface area contributed by atoms with E-state index in [1.54, 1.807) is 31.4 Å². The summed E-state index contributed by atoms with van der Waals surface area (Å²) < 4.78 is 10.5. The number of carbonyl (C=O) groups is 2. The van der Waals surface area contributed by atoms with Gasteiger partial charge in [-0.1, -0.05) is 0 Å². The number of hydrogen-bond acceptors (Lipinski definition) is 4. The lowest BCUT2D eigenvalue weighted by molar-refractivity contribution is -0.145. The third kappa shape index (κ3) is 1.83. The summed E-state index contributed by atoms with van der Waals surface area (Å²) in [7, 11) is 1.60. The molecule has 1 amide bonds. The minimum atomic E-state index is -0.233. The van der Waals surface area contributed by atoms with E-state index < -0.39 is 0 Å². The van der Waals surface area contributed by atoms with Gasteiger partial charge in [-0.15, -0.1) is 0 Å². The number of methoxy groups -OCH3 is 1. The molecule has 0 unspecified atom stereocenters. The molecule has 1 saturated heterocycles. The maximum Gasteiger partial charge on any atom is 0.310 e. The van der Waals surface area contributed by atoms with Gasteiger partial charge >= 0.3 is 5.97 Å². The molecule has 5 atom stereocenters. The number of carbonyl (C=O) groups excluding carboxylic acids is 2. The van der Waals surface area contributed by atoms with Gasteiger partial charge in [-0.05, 0) is 43.0 Å². The molecule has 5 heteroatoms. The van der Waals surface area contributed by atoms with Gasteiger partial charge in [0.15, 0.2) is 0 Å². The van der Waals surface area contributed by atoms with Crippen LogP contribution in [0.4, 0.5) is 5.69 Å². The molecular formula is C16H17NO4. The molecule has 1 heterocycles. The Bertz CT molecular complexity index is 595. The van der Waals surface area contributed by atoms with Crippen LogP contribution in [0, 0.1) is 23.7 Å². The van der Waals surface area contributed by atoms with Crippen molar-refractivity contribution in [3.63, 3.8) is 0 Å². The Morgan fingerprint density at radius 2 is 2.05 bits per heavy atom. The molecule has 2 saturated carbocycles. The summed E-state index contributed by atoms with van der Waals surface area (Å²) in [6.07, 6.45) is 1.85. The first-order valence-corrected chi connectivity index (χ1v) is 7.33. The normalized spacial score (nSPS) is 35.7. The first kappa shape index (κ1) is 12.7. The van der Waals surface area contributed by atoms with Crippen LogP contribution in [0.25, 0.3) is 0 Å². The molecule has 110 valence electrons. The fraction of sp³-hybridized carbons (Fsp3) is 0.500. The summed E-state index contributed by atoms with van der Waals surface area (Å²) in [4.78, 5) is 24.5. The SMILES string of the molecule is COc1ccc(NC(=O)[C@@H]2[C@@H]3C[C@@H]4[C@@H]2C(=O)O[C@@H]4C3)cc1. The zero-order valence-electron chi connectivity index (χ0n) is 11.7. The highest BCUT2D eigenvalue weighted by molar-refractivity contribution is 5.97. The molecule has 3 aliphatic rings. The van der Waals surface area contributed by atoms with Gasteiger partial charge in [-0.2, -0.15) is 0 Å². The van der Waals surface area contributed by atoms with Crippen LogP contribution in [0.1, 0.15) is 12.8 Å². The van der Waals surface area contributed by atoms with Crippen LogP contribution in [0.2, 0.25) is 0 Å². The minimum absolute atomic E-state index is 0.0602. The lowest BCUT2D eigenvalue weighted by atomic mass is 9.79. The average Bonchev–Trinajstić information content (AvgIpc) is 3.09. The second-order valence-electron chi connectivity index (χ2n) is 6.14. The van der Waals surface area contributed by atoms with Gasteiger partial charge in [-0.25, -0.2) is 0 Å². The maximum atomic E-state index is 12.5. The summed E-state index contributed by atoms with van der Waals surface area (Å²) in [5, 5.41) is 2.92. The number of anilines is 1. The van der Waals surface area contributed by atoms with Crippen LogP contribution < -0.4 is 10.1 Å². The molecular weight excluding hydrogens is 270 g/mol. The van der Waals surface area contributed by atoms with Crippen LogP contribution >= 0.6 is 0 Å². The monoisotopic (exact) mass is 287 g/mol. The Kier molecular flexibility index (Phi) is 2.71. The second-order valence-corrected chi connectivity index (χ2v) is 6.14. The molecule has 0 aromatic heterocycles. The number of amides is 1. The summed E-state index contributed by atoms with van der Waals surface area (Å²) in [5.74, 6) is 0.587. The number of ether oxygens (including phenoxy) is 2. The third-order valence-corrected chi connectivity index (χ3v) is 5.14. The van der Waals surface area contributed by atoms with Gasteiger partial charge in [0, 0.05) is 11.6 Å². The Labute approximate surface area is 122 Å². The Morgan fingerprint density at radius 1 is 1.29 bits per heavy atom. The highest BCUT2D eigenvalue weighted by atomic mass is 16.6. The van der Waals surface area contributed by atoms with Crippen molar-refractivity contribution in [1.29, 1.82) is 0 Å².